The van der Waals surface area contributed by atoms with E-state index < -0.39 is 0 Å². The van der Waals surface area contributed by atoms with Crippen LogP contribution >= 0.6 is 49.9 Å². The molecular formula is C54H47BrN4OS3. The average molecular weight is 944 g/mol. The molecule has 0 atom stereocenters. The van der Waals surface area contributed by atoms with E-state index in [1.807, 2.05) is 18.2 Å². The van der Waals surface area contributed by atoms with Gasteiger partial charge in [0.05, 0.1) is 37.3 Å². The second-order valence-corrected chi connectivity index (χ2v) is 19.3. The fraction of sp³-hybridized carbons (Fsp3) is 0.167. The number of benzene rings is 6. The number of ether oxygens (including phenoxy) is 1. The topological polar surface area (TPSA) is 51.1 Å². The van der Waals surface area contributed by atoms with Gasteiger partial charge in [0.15, 0.2) is 0 Å². The highest BCUT2D eigenvalue weighted by molar-refractivity contribution is 9.09. The molecule has 314 valence electrons. The summed E-state index contributed by atoms with van der Waals surface area (Å²) in [4.78, 5) is 16.8. The first-order valence-electron chi connectivity index (χ1n) is 21.6. The normalized spacial score (nSPS) is 12.0. The first-order valence-corrected chi connectivity index (χ1v) is 25.2. The molecule has 0 unspecified atom stereocenters. The van der Waals surface area contributed by atoms with Crippen molar-refractivity contribution in [2.24, 2.45) is 0 Å². The second-order valence-electron chi connectivity index (χ2n) is 15.3. The van der Waals surface area contributed by atoms with Gasteiger partial charge in [-0.1, -0.05) is 121 Å². The number of nitrogens with zero attached hydrogens (tertiary/aromatic N) is 4. The maximum Gasteiger partial charge on any atom is 0.128 e. The van der Waals surface area contributed by atoms with Crippen molar-refractivity contribution in [3.8, 4) is 5.75 Å². The van der Waals surface area contributed by atoms with Crippen LogP contribution in [-0.4, -0.2) is 26.9 Å². The number of unbranched alkanes of at least 4 members (excludes halogenated alkanes) is 6. The van der Waals surface area contributed by atoms with E-state index in [0.717, 1.165) is 89.2 Å². The maximum absolute atomic E-state index is 6.69. The number of para-hydroxylation sites is 3. The van der Waals surface area contributed by atoms with E-state index in [1.54, 1.807) is 34.0 Å². The molecule has 5 nitrogen and oxygen atoms in total. The van der Waals surface area contributed by atoms with E-state index in [9.17, 15) is 0 Å². The van der Waals surface area contributed by atoms with Crippen molar-refractivity contribution in [1.82, 2.24) is 15.0 Å². The Bertz CT molecular complexity index is 2770. The van der Waals surface area contributed by atoms with Crippen molar-refractivity contribution in [1.29, 1.82) is 0 Å². The van der Waals surface area contributed by atoms with E-state index in [4.69, 9.17) is 19.7 Å². The van der Waals surface area contributed by atoms with E-state index >= 15 is 0 Å². The van der Waals surface area contributed by atoms with Crippen LogP contribution in [0.15, 0.2) is 140 Å². The Kier molecular flexibility index (Phi) is 14.3. The van der Waals surface area contributed by atoms with Gasteiger partial charge in [0.1, 0.15) is 20.8 Å². The molecule has 0 N–H and O–H groups in total. The van der Waals surface area contributed by atoms with Gasteiger partial charge in [0.25, 0.3) is 0 Å². The van der Waals surface area contributed by atoms with E-state index in [1.165, 1.54) is 46.2 Å². The number of anilines is 3. The third-order valence-electron chi connectivity index (χ3n) is 10.8. The highest BCUT2D eigenvalue weighted by Gasteiger charge is 2.16. The minimum Gasteiger partial charge on any atom is -0.493 e. The monoisotopic (exact) mass is 942 g/mol. The lowest BCUT2D eigenvalue weighted by Crippen LogP contribution is -2.10. The molecule has 0 saturated carbocycles. The molecule has 3 aromatic heterocycles. The molecule has 63 heavy (non-hydrogen) atoms. The number of thiazole rings is 3. The smallest absolute Gasteiger partial charge is 0.128 e. The molecule has 9 rings (SSSR count). The molecule has 0 amide bonds. The third kappa shape index (κ3) is 11.1. The first-order chi connectivity index (χ1) is 31.1. The second kappa shape index (κ2) is 21.1. The fourth-order valence-corrected chi connectivity index (χ4v) is 10.5. The van der Waals surface area contributed by atoms with Crippen LogP contribution in [0.4, 0.5) is 17.1 Å². The lowest BCUT2D eigenvalue weighted by molar-refractivity contribution is 0.304. The standard InChI is InChI=1S/C54H47BrN4OS3/c55-36-12-4-2-1-3-5-13-37-60-48-38-44(32-26-41(48)27-35-54-58-47-16-8-11-19-51(47)63-54)59(42-28-20-39(21-29-42)24-33-52-56-45-14-6-9-17-49(45)61-52)43-30-22-40(23-31-43)25-34-53-57-46-15-7-10-18-50(46)62-53/h6-11,14-35,38H,1-5,12-13,36-37H2/b33-24+,34-25+,35-27+. The van der Waals surface area contributed by atoms with E-state index in [0.29, 0.717) is 6.61 Å². The van der Waals surface area contributed by atoms with Gasteiger partial charge in [0.2, 0.25) is 0 Å². The molecule has 9 aromatic rings. The van der Waals surface area contributed by atoms with E-state index in [-0.39, 0.29) is 0 Å². The molecule has 0 aliphatic rings. The van der Waals surface area contributed by atoms with Gasteiger partial charge in [-0.25, -0.2) is 15.0 Å². The molecule has 0 saturated heterocycles. The van der Waals surface area contributed by atoms with Crippen LogP contribution < -0.4 is 9.64 Å². The van der Waals surface area contributed by atoms with Crippen LogP contribution in [0.2, 0.25) is 0 Å². The molecule has 0 aliphatic heterocycles. The van der Waals surface area contributed by atoms with Crippen LogP contribution in [0.5, 0.6) is 5.75 Å². The Labute approximate surface area is 389 Å². The summed E-state index contributed by atoms with van der Waals surface area (Å²) < 4.78 is 10.3. The highest BCUT2D eigenvalue weighted by atomic mass is 79.9. The lowest BCUT2D eigenvalue weighted by atomic mass is 10.1. The van der Waals surface area contributed by atoms with Crippen molar-refractivity contribution in [3.63, 3.8) is 0 Å². The first kappa shape index (κ1) is 42.6. The van der Waals surface area contributed by atoms with Crippen molar-refractivity contribution in [2.75, 3.05) is 16.8 Å². The largest absolute Gasteiger partial charge is 0.493 e. The number of halogens is 1. The van der Waals surface area contributed by atoms with Gasteiger partial charge in [-0.2, -0.15) is 0 Å². The summed E-state index contributed by atoms with van der Waals surface area (Å²) in [6, 6.07) is 48.9. The number of aromatic nitrogens is 3. The van der Waals surface area contributed by atoms with Gasteiger partial charge in [0, 0.05) is 34.0 Å². The Morgan fingerprint density at radius 1 is 0.444 bits per heavy atom. The summed E-state index contributed by atoms with van der Waals surface area (Å²) in [7, 11) is 0. The summed E-state index contributed by atoms with van der Waals surface area (Å²) in [6.45, 7) is 0.665. The predicted molar refractivity (Wildman–Crippen MR) is 278 cm³/mol. The van der Waals surface area contributed by atoms with Gasteiger partial charge in [-0.15, -0.1) is 34.0 Å². The number of fused-ring (bicyclic) bond motifs is 3. The number of alkyl halides is 1. The summed E-state index contributed by atoms with van der Waals surface area (Å²) in [5, 5.41) is 4.06. The minimum absolute atomic E-state index is 0.665. The molecule has 3 heterocycles. The zero-order chi connectivity index (χ0) is 42.6. The predicted octanol–water partition coefficient (Wildman–Crippen LogP) is 17.0. The molecule has 6 aromatic carbocycles. The van der Waals surface area contributed by atoms with Crippen LogP contribution in [-0.2, 0) is 0 Å². The summed E-state index contributed by atoms with van der Waals surface area (Å²) in [6.07, 6.45) is 21.3. The lowest BCUT2D eigenvalue weighted by Gasteiger charge is -2.26. The summed E-state index contributed by atoms with van der Waals surface area (Å²) >= 11 is 8.67. The zero-order valence-corrected chi connectivity index (χ0v) is 38.9. The van der Waals surface area contributed by atoms with E-state index in [2.05, 4.69) is 179 Å². The van der Waals surface area contributed by atoms with Crippen molar-refractivity contribution < 1.29 is 4.74 Å². The number of hydrogen-bond acceptors (Lipinski definition) is 8. The molecule has 0 aliphatic carbocycles. The van der Waals surface area contributed by atoms with Gasteiger partial charge >= 0.3 is 0 Å². The number of hydrogen-bond donors (Lipinski definition) is 0. The summed E-state index contributed by atoms with van der Waals surface area (Å²) in [5.74, 6) is 0.859. The van der Waals surface area contributed by atoms with Crippen LogP contribution in [0.25, 0.3) is 67.1 Å². The van der Waals surface area contributed by atoms with Crippen LogP contribution in [0.1, 0.15) is 76.7 Å². The van der Waals surface area contributed by atoms with Gasteiger partial charge in [-0.3, -0.25) is 0 Å². The maximum atomic E-state index is 6.69. The molecular weight excluding hydrogens is 897 g/mol. The Hall–Kier alpha value is -5.71. The molecule has 0 spiro atoms. The molecule has 9 heteroatoms. The van der Waals surface area contributed by atoms with Crippen molar-refractivity contribution >= 4 is 134 Å². The fourth-order valence-electron chi connectivity index (χ4n) is 7.48. The van der Waals surface area contributed by atoms with Crippen LogP contribution in [0.3, 0.4) is 0 Å². The number of rotatable bonds is 19. The van der Waals surface area contributed by atoms with Crippen LogP contribution in [0, 0.1) is 0 Å². The Balaban J connectivity index is 1.01. The van der Waals surface area contributed by atoms with Crippen molar-refractivity contribution in [3.05, 3.63) is 171 Å². The summed E-state index contributed by atoms with van der Waals surface area (Å²) in [5.41, 5.74) is 9.44. The Morgan fingerprint density at radius 2 is 0.873 bits per heavy atom. The third-order valence-corrected chi connectivity index (χ3v) is 14.3. The zero-order valence-electron chi connectivity index (χ0n) is 34.9. The quantitative estimate of drug-likeness (QED) is 0.0597. The highest BCUT2D eigenvalue weighted by Crippen LogP contribution is 2.39. The SMILES string of the molecule is BrCCCCCCCCCOc1cc(N(c2ccc(/C=C/c3nc4ccccc4s3)cc2)c2ccc(/C=C/c3nc4ccccc4s3)cc2)ccc1/C=C/c1nc2ccccc2s1. The average Bonchev–Trinajstić information content (AvgIpc) is 4.07. The van der Waals surface area contributed by atoms with Gasteiger partial charge in [-0.05, 0) is 121 Å². The Morgan fingerprint density at radius 3 is 1.35 bits per heavy atom. The van der Waals surface area contributed by atoms with Gasteiger partial charge < -0.3 is 9.64 Å². The molecule has 0 bridgehead atoms. The molecule has 0 radical (unpaired) electrons. The minimum atomic E-state index is 0.665. The molecule has 0 fully saturated rings. The van der Waals surface area contributed by atoms with Crippen molar-refractivity contribution in [2.45, 2.75) is 44.9 Å².